The van der Waals surface area contributed by atoms with Crippen LogP contribution >= 0.6 is 0 Å². The van der Waals surface area contributed by atoms with Crippen molar-refractivity contribution in [1.82, 2.24) is 0 Å². The van der Waals surface area contributed by atoms with Gasteiger partial charge in [0, 0.05) is 6.08 Å². The summed E-state index contributed by atoms with van der Waals surface area (Å²) in [5.74, 6) is -0.479. The first kappa shape index (κ1) is 22.7. The first-order chi connectivity index (χ1) is 14.5. The zero-order chi connectivity index (χ0) is 21.8. The third-order valence-electron chi connectivity index (χ3n) is 3.88. The number of benzene rings is 2. The Bertz CT molecular complexity index is 854. The summed E-state index contributed by atoms with van der Waals surface area (Å²) < 4.78 is 20.6. The molecule has 2 aromatic carbocycles. The maximum absolute atomic E-state index is 12.2. The lowest BCUT2D eigenvalue weighted by Gasteiger charge is -2.08. The molecule has 2 rings (SSSR count). The van der Waals surface area contributed by atoms with E-state index in [-0.39, 0.29) is 13.2 Å². The van der Waals surface area contributed by atoms with Gasteiger partial charge < -0.3 is 18.9 Å². The van der Waals surface area contributed by atoms with Gasteiger partial charge in [0.1, 0.15) is 11.5 Å². The van der Waals surface area contributed by atoms with Gasteiger partial charge >= 0.3 is 17.9 Å². The Morgan fingerprint density at radius 3 is 1.90 bits per heavy atom. The maximum Gasteiger partial charge on any atom is 0.343 e. The van der Waals surface area contributed by atoms with E-state index in [0.717, 1.165) is 6.08 Å². The Morgan fingerprint density at radius 2 is 1.33 bits per heavy atom. The van der Waals surface area contributed by atoms with Gasteiger partial charge in [-0.05, 0) is 68.3 Å². The minimum Gasteiger partial charge on any atom is -0.494 e. The molecule has 0 heterocycles. The first-order valence-corrected chi connectivity index (χ1v) is 9.55. The van der Waals surface area contributed by atoms with E-state index in [0.29, 0.717) is 42.1 Å². The number of esters is 3. The summed E-state index contributed by atoms with van der Waals surface area (Å²) in [6, 6.07) is 12.7. The molecule has 0 unspecified atom stereocenters. The lowest BCUT2D eigenvalue weighted by molar-refractivity contribution is -0.137. The van der Waals surface area contributed by atoms with Crippen molar-refractivity contribution >= 4 is 17.9 Å². The Balaban J connectivity index is 1.77. The molecule has 0 amide bonds. The second-order valence-electron chi connectivity index (χ2n) is 6.09. The van der Waals surface area contributed by atoms with Gasteiger partial charge in [0.25, 0.3) is 0 Å². The minimum absolute atomic E-state index is 0.207. The summed E-state index contributed by atoms with van der Waals surface area (Å²) >= 11 is 0. The molecule has 7 nitrogen and oxygen atoms in total. The summed E-state index contributed by atoms with van der Waals surface area (Å²) in [6.45, 7) is 6.18. The topological polar surface area (TPSA) is 88.1 Å². The number of hydrogen-bond donors (Lipinski definition) is 0. The Kier molecular flexibility index (Phi) is 9.12. The zero-order valence-corrected chi connectivity index (χ0v) is 16.8. The van der Waals surface area contributed by atoms with Crippen molar-refractivity contribution in [1.29, 1.82) is 0 Å². The highest BCUT2D eigenvalue weighted by Gasteiger charge is 2.11. The lowest BCUT2D eigenvalue weighted by atomic mass is 10.2. The van der Waals surface area contributed by atoms with Crippen LogP contribution in [0.2, 0.25) is 0 Å². The Morgan fingerprint density at radius 1 is 0.800 bits per heavy atom. The van der Waals surface area contributed by atoms with Gasteiger partial charge in [-0.1, -0.05) is 6.58 Å². The predicted molar refractivity (Wildman–Crippen MR) is 110 cm³/mol. The molecule has 0 spiro atoms. The first-order valence-electron chi connectivity index (χ1n) is 9.55. The fourth-order valence-electron chi connectivity index (χ4n) is 2.36. The molecule has 0 saturated heterocycles. The van der Waals surface area contributed by atoms with E-state index in [1.807, 2.05) is 6.92 Å². The van der Waals surface area contributed by atoms with Crippen LogP contribution in [0, 0.1) is 0 Å². The van der Waals surface area contributed by atoms with Gasteiger partial charge in [-0.3, -0.25) is 0 Å². The predicted octanol–water partition coefficient (Wildman–Crippen LogP) is 3.97. The van der Waals surface area contributed by atoms with Crippen LogP contribution < -0.4 is 9.47 Å². The van der Waals surface area contributed by atoms with Crippen LogP contribution in [0.25, 0.3) is 0 Å². The van der Waals surface area contributed by atoms with Crippen LogP contribution in [0.4, 0.5) is 0 Å². The second-order valence-corrected chi connectivity index (χ2v) is 6.09. The zero-order valence-electron chi connectivity index (χ0n) is 16.8. The van der Waals surface area contributed by atoms with Crippen LogP contribution in [0.1, 0.15) is 40.5 Å². The highest BCUT2D eigenvalue weighted by atomic mass is 16.5. The normalized spacial score (nSPS) is 10.0. The van der Waals surface area contributed by atoms with Crippen LogP contribution in [-0.4, -0.2) is 37.7 Å². The minimum atomic E-state index is -0.509. The number of rotatable bonds is 11. The maximum atomic E-state index is 12.2. The highest BCUT2D eigenvalue weighted by Crippen LogP contribution is 2.17. The summed E-state index contributed by atoms with van der Waals surface area (Å²) in [5, 5.41) is 0. The smallest absolute Gasteiger partial charge is 0.343 e. The molecular formula is C23H24O7. The molecular weight excluding hydrogens is 388 g/mol. The molecule has 30 heavy (non-hydrogen) atoms. The molecule has 0 saturated carbocycles. The SMILES string of the molecule is C=CC(=O)OCCCCOC(=O)c1ccc(OC(=O)c2ccc(OCC)cc2)cc1. The second kappa shape index (κ2) is 12.1. The molecule has 158 valence electrons. The number of unbranched alkanes of at least 4 members (excludes halogenated alkanes) is 1. The van der Waals surface area contributed by atoms with E-state index < -0.39 is 17.9 Å². The Labute approximate surface area is 175 Å². The van der Waals surface area contributed by atoms with Gasteiger partial charge in [0.2, 0.25) is 0 Å². The van der Waals surface area contributed by atoms with Crippen molar-refractivity contribution in [3.63, 3.8) is 0 Å². The van der Waals surface area contributed by atoms with Gasteiger partial charge in [-0.15, -0.1) is 0 Å². The molecule has 0 aliphatic rings. The summed E-state index contributed by atoms with van der Waals surface area (Å²) in [5.41, 5.74) is 0.731. The monoisotopic (exact) mass is 412 g/mol. The van der Waals surface area contributed by atoms with E-state index in [1.165, 1.54) is 24.3 Å². The number of carbonyl (C=O) groups is 3. The van der Waals surface area contributed by atoms with Gasteiger partial charge in [-0.2, -0.15) is 0 Å². The standard InChI is InChI=1S/C23H24O7/c1-3-21(24)28-15-5-6-16-29-22(25)17-9-13-20(14-10-17)30-23(26)18-7-11-19(12-8-18)27-4-2/h3,7-14H,1,4-6,15-16H2,2H3. The molecule has 0 bridgehead atoms. The number of hydrogen-bond acceptors (Lipinski definition) is 7. The van der Waals surface area contributed by atoms with Crippen LogP contribution in [0.3, 0.4) is 0 Å². The summed E-state index contributed by atoms with van der Waals surface area (Å²) in [6.07, 6.45) is 2.24. The molecule has 0 aliphatic carbocycles. The van der Waals surface area contributed by atoms with Crippen molar-refractivity contribution in [3.8, 4) is 11.5 Å². The third kappa shape index (κ3) is 7.43. The van der Waals surface area contributed by atoms with E-state index in [9.17, 15) is 14.4 Å². The van der Waals surface area contributed by atoms with Crippen LogP contribution in [0.5, 0.6) is 11.5 Å². The van der Waals surface area contributed by atoms with Crippen LogP contribution in [0.15, 0.2) is 61.2 Å². The Hall–Kier alpha value is -3.61. The van der Waals surface area contributed by atoms with Crippen molar-refractivity contribution in [2.45, 2.75) is 19.8 Å². The molecule has 0 fully saturated rings. The van der Waals surface area contributed by atoms with E-state index in [4.69, 9.17) is 18.9 Å². The molecule has 7 heteroatoms. The van der Waals surface area contributed by atoms with Crippen LogP contribution in [-0.2, 0) is 14.3 Å². The quantitative estimate of drug-likeness (QED) is 0.239. The van der Waals surface area contributed by atoms with Crippen molar-refractivity contribution in [3.05, 3.63) is 72.3 Å². The van der Waals surface area contributed by atoms with E-state index in [2.05, 4.69) is 6.58 Å². The largest absolute Gasteiger partial charge is 0.494 e. The van der Waals surface area contributed by atoms with E-state index >= 15 is 0 Å². The van der Waals surface area contributed by atoms with Crippen molar-refractivity contribution < 1.29 is 33.3 Å². The fraction of sp³-hybridized carbons (Fsp3) is 0.261. The van der Waals surface area contributed by atoms with E-state index in [1.54, 1.807) is 24.3 Å². The number of ether oxygens (including phenoxy) is 4. The summed E-state index contributed by atoms with van der Waals surface area (Å²) in [4.78, 5) is 35.1. The lowest BCUT2D eigenvalue weighted by Crippen LogP contribution is -2.10. The average molecular weight is 412 g/mol. The van der Waals surface area contributed by atoms with Gasteiger partial charge in [0.05, 0.1) is 30.9 Å². The number of carbonyl (C=O) groups excluding carboxylic acids is 3. The molecule has 0 atom stereocenters. The molecule has 0 aliphatic heterocycles. The molecule has 0 radical (unpaired) electrons. The van der Waals surface area contributed by atoms with Crippen molar-refractivity contribution in [2.75, 3.05) is 19.8 Å². The fourth-order valence-corrected chi connectivity index (χ4v) is 2.36. The van der Waals surface area contributed by atoms with Gasteiger partial charge in [0.15, 0.2) is 0 Å². The highest BCUT2D eigenvalue weighted by molar-refractivity contribution is 5.92. The molecule has 0 aromatic heterocycles. The van der Waals surface area contributed by atoms with Gasteiger partial charge in [-0.25, -0.2) is 14.4 Å². The third-order valence-corrected chi connectivity index (χ3v) is 3.88. The molecule has 0 N–H and O–H groups in total. The average Bonchev–Trinajstić information content (AvgIpc) is 2.77. The summed E-state index contributed by atoms with van der Waals surface area (Å²) in [7, 11) is 0. The van der Waals surface area contributed by atoms with Crippen molar-refractivity contribution in [2.24, 2.45) is 0 Å². The molecule has 2 aromatic rings.